The molecule has 1 amide bonds. The van der Waals surface area contributed by atoms with Crippen molar-refractivity contribution in [1.29, 1.82) is 0 Å². The Kier molecular flexibility index (Phi) is 3.01. The predicted molar refractivity (Wildman–Crippen MR) is 49.9 cm³/mol. The summed E-state index contributed by atoms with van der Waals surface area (Å²) in [6.07, 6.45) is 0. The number of amides is 1. The van der Waals surface area contributed by atoms with Crippen LogP contribution in [0.25, 0.3) is 0 Å². The van der Waals surface area contributed by atoms with Crippen molar-refractivity contribution in [3.63, 3.8) is 0 Å². The number of anilines is 2. The molecule has 0 unspecified atom stereocenters. The molecule has 3 N–H and O–H groups in total. The normalized spacial score (nSPS) is 9.93. The molecule has 1 aromatic carbocycles. The Bertz CT molecular complexity index is 366. The molecule has 0 bridgehead atoms. The molecule has 0 aliphatic carbocycles. The van der Waals surface area contributed by atoms with Gasteiger partial charge < -0.3 is 11.1 Å². The zero-order valence-corrected chi connectivity index (χ0v) is 7.60. The number of alkyl halides is 1. The first-order chi connectivity index (χ1) is 6.56. The van der Waals surface area contributed by atoms with E-state index >= 15 is 0 Å². The fourth-order valence-electron chi connectivity index (χ4n) is 1.06. The van der Waals surface area contributed by atoms with Crippen molar-refractivity contribution < 1.29 is 13.6 Å². The third kappa shape index (κ3) is 1.99. The van der Waals surface area contributed by atoms with E-state index in [1.165, 1.54) is 19.1 Å². The van der Waals surface area contributed by atoms with Gasteiger partial charge in [-0.2, -0.15) is 0 Å². The summed E-state index contributed by atoms with van der Waals surface area (Å²) in [6, 6.07) is 2.65. The maximum atomic E-state index is 13.4. The van der Waals surface area contributed by atoms with E-state index in [0.29, 0.717) is 0 Å². The predicted octanol–water partition coefficient (Wildman–Crippen LogP) is 1.84. The summed E-state index contributed by atoms with van der Waals surface area (Å²) in [5.41, 5.74) is 5.10. The molecule has 0 spiro atoms. The molecule has 0 aliphatic rings. The lowest BCUT2D eigenvalue weighted by atomic mass is 10.1. The van der Waals surface area contributed by atoms with Crippen LogP contribution < -0.4 is 11.1 Å². The van der Waals surface area contributed by atoms with Crippen molar-refractivity contribution in [2.45, 2.75) is 13.6 Å². The minimum absolute atomic E-state index is 0.0408. The highest BCUT2D eigenvalue weighted by Gasteiger charge is 2.11. The second-order valence-electron chi connectivity index (χ2n) is 2.81. The van der Waals surface area contributed by atoms with E-state index in [0.717, 1.165) is 0 Å². The zero-order chi connectivity index (χ0) is 10.7. The van der Waals surface area contributed by atoms with Gasteiger partial charge in [0.2, 0.25) is 5.91 Å². The molecule has 0 aliphatic heterocycles. The number of hydrogen-bond donors (Lipinski definition) is 2. The van der Waals surface area contributed by atoms with Crippen LogP contribution in [0, 0.1) is 5.82 Å². The van der Waals surface area contributed by atoms with Crippen molar-refractivity contribution in [1.82, 2.24) is 0 Å². The van der Waals surface area contributed by atoms with Crippen LogP contribution in [0.2, 0.25) is 0 Å². The number of carbonyl (C=O) groups excluding carboxylic acids is 1. The van der Waals surface area contributed by atoms with Gasteiger partial charge in [0.25, 0.3) is 0 Å². The summed E-state index contributed by atoms with van der Waals surface area (Å²) in [6.45, 7) is 0.246. The van der Waals surface area contributed by atoms with Crippen LogP contribution in [0.3, 0.4) is 0 Å². The number of nitrogens with one attached hydrogen (secondary N) is 1. The molecule has 1 aromatic rings. The van der Waals surface area contributed by atoms with Crippen LogP contribution in [0.5, 0.6) is 0 Å². The molecule has 3 nitrogen and oxygen atoms in total. The Labute approximate surface area is 79.9 Å². The summed E-state index contributed by atoms with van der Waals surface area (Å²) < 4.78 is 25.7. The van der Waals surface area contributed by atoms with Crippen LogP contribution in [-0.2, 0) is 11.5 Å². The Morgan fingerprint density at radius 1 is 1.57 bits per heavy atom. The highest BCUT2D eigenvalue weighted by atomic mass is 19.1. The first-order valence-corrected chi connectivity index (χ1v) is 3.96. The number of halogens is 2. The fourth-order valence-corrected chi connectivity index (χ4v) is 1.06. The molecule has 0 aromatic heterocycles. The molecule has 0 heterocycles. The zero-order valence-electron chi connectivity index (χ0n) is 7.60. The lowest BCUT2D eigenvalue weighted by Crippen LogP contribution is -2.09. The van der Waals surface area contributed by atoms with E-state index < -0.39 is 18.4 Å². The van der Waals surface area contributed by atoms with Gasteiger partial charge in [0.05, 0.1) is 5.69 Å². The quantitative estimate of drug-likeness (QED) is 0.715. The van der Waals surface area contributed by atoms with E-state index in [2.05, 4.69) is 5.32 Å². The summed E-state index contributed by atoms with van der Waals surface area (Å²) in [7, 11) is 0. The summed E-state index contributed by atoms with van der Waals surface area (Å²) in [4.78, 5) is 10.6. The molecular formula is C9H10F2N2O. The lowest BCUT2D eigenvalue weighted by molar-refractivity contribution is -0.114. The van der Waals surface area contributed by atoms with Crippen LogP contribution in [0.15, 0.2) is 12.1 Å². The Hall–Kier alpha value is -1.65. The van der Waals surface area contributed by atoms with Gasteiger partial charge in [-0.15, -0.1) is 0 Å². The minimum Gasteiger partial charge on any atom is -0.398 e. The van der Waals surface area contributed by atoms with Crippen LogP contribution in [0.4, 0.5) is 20.2 Å². The van der Waals surface area contributed by atoms with Gasteiger partial charge in [0.1, 0.15) is 6.67 Å². The Balaban J connectivity index is 3.14. The average Bonchev–Trinajstić information content (AvgIpc) is 2.10. The molecular weight excluding hydrogens is 190 g/mol. The van der Waals surface area contributed by atoms with Gasteiger partial charge in [-0.05, 0) is 12.1 Å². The number of hydrogen-bond acceptors (Lipinski definition) is 2. The molecule has 0 saturated carbocycles. The van der Waals surface area contributed by atoms with E-state index in [-0.39, 0.29) is 16.9 Å². The van der Waals surface area contributed by atoms with Crippen molar-refractivity contribution in [2.24, 2.45) is 0 Å². The van der Waals surface area contributed by atoms with E-state index in [1.807, 2.05) is 0 Å². The number of rotatable bonds is 2. The number of carbonyl (C=O) groups is 1. The van der Waals surface area contributed by atoms with Gasteiger partial charge in [-0.3, -0.25) is 4.79 Å². The van der Waals surface area contributed by atoms with E-state index in [1.54, 1.807) is 0 Å². The van der Waals surface area contributed by atoms with Crippen LogP contribution in [0.1, 0.15) is 12.5 Å². The number of benzene rings is 1. The molecule has 76 valence electrons. The highest BCUT2D eigenvalue weighted by Crippen LogP contribution is 2.24. The van der Waals surface area contributed by atoms with Gasteiger partial charge in [-0.25, -0.2) is 8.78 Å². The number of nitrogen functional groups attached to an aromatic ring is 1. The maximum Gasteiger partial charge on any atom is 0.221 e. The SMILES string of the molecule is CC(=O)Nc1ccc(N)c(CF)c1F. The van der Waals surface area contributed by atoms with Crippen molar-refractivity contribution in [3.05, 3.63) is 23.5 Å². The Morgan fingerprint density at radius 2 is 2.21 bits per heavy atom. The summed E-state index contributed by atoms with van der Waals surface area (Å²) in [5.74, 6) is -1.24. The number of nitrogens with two attached hydrogens (primary N) is 1. The van der Waals surface area contributed by atoms with Gasteiger partial charge in [0.15, 0.2) is 5.82 Å². The van der Waals surface area contributed by atoms with Gasteiger partial charge >= 0.3 is 0 Å². The summed E-state index contributed by atoms with van der Waals surface area (Å²) >= 11 is 0. The summed E-state index contributed by atoms with van der Waals surface area (Å²) in [5, 5.41) is 2.24. The largest absolute Gasteiger partial charge is 0.398 e. The third-order valence-electron chi connectivity index (χ3n) is 1.72. The van der Waals surface area contributed by atoms with Crippen LogP contribution in [-0.4, -0.2) is 5.91 Å². The smallest absolute Gasteiger partial charge is 0.221 e. The minimum atomic E-state index is -0.995. The van der Waals surface area contributed by atoms with Crippen molar-refractivity contribution in [2.75, 3.05) is 11.1 Å². The van der Waals surface area contributed by atoms with E-state index in [4.69, 9.17) is 5.73 Å². The first kappa shape index (κ1) is 10.4. The molecule has 5 heteroatoms. The van der Waals surface area contributed by atoms with E-state index in [9.17, 15) is 13.6 Å². The molecule has 0 atom stereocenters. The van der Waals surface area contributed by atoms with Gasteiger partial charge in [-0.1, -0.05) is 0 Å². The van der Waals surface area contributed by atoms with Crippen molar-refractivity contribution >= 4 is 17.3 Å². The van der Waals surface area contributed by atoms with Gasteiger partial charge in [0, 0.05) is 18.2 Å². The molecule has 14 heavy (non-hydrogen) atoms. The molecule has 0 radical (unpaired) electrons. The van der Waals surface area contributed by atoms with Crippen LogP contribution >= 0.6 is 0 Å². The second kappa shape index (κ2) is 4.04. The standard InChI is InChI=1S/C9H10F2N2O/c1-5(14)13-8-3-2-7(12)6(4-10)9(8)11/h2-3H,4,12H2,1H3,(H,13,14). The average molecular weight is 200 g/mol. The molecule has 0 fully saturated rings. The fraction of sp³-hybridized carbons (Fsp3) is 0.222. The monoisotopic (exact) mass is 200 g/mol. The third-order valence-corrected chi connectivity index (χ3v) is 1.72. The maximum absolute atomic E-state index is 13.4. The molecule has 0 saturated heterocycles. The Morgan fingerprint density at radius 3 is 2.71 bits per heavy atom. The topological polar surface area (TPSA) is 55.1 Å². The first-order valence-electron chi connectivity index (χ1n) is 3.96. The van der Waals surface area contributed by atoms with Crippen molar-refractivity contribution in [3.8, 4) is 0 Å². The highest BCUT2D eigenvalue weighted by molar-refractivity contribution is 5.89. The second-order valence-corrected chi connectivity index (χ2v) is 2.81. The lowest BCUT2D eigenvalue weighted by Gasteiger charge is -2.08. The molecule has 1 rings (SSSR count).